The molecule has 1 aliphatic carbocycles. The van der Waals surface area contributed by atoms with E-state index in [2.05, 4.69) is 0 Å². The fourth-order valence-corrected chi connectivity index (χ4v) is 4.69. The predicted molar refractivity (Wildman–Crippen MR) is 123 cm³/mol. The highest BCUT2D eigenvalue weighted by atomic mass is 16.5. The molecule has 1 saturated heterocycles. The summed E-state index contributed by atoms with van der Waals surface area (Å²) in [6.45, 7) is 6.47. The third kappa shape index (κ3) is 5.74. The summed E-state index contributed by atoms with van der Waals surface area (Å²) in [7, 11) is 1.60. The summed E-state index contributed by atoms with van der Waals surface area (Å²) < 4.78 is 16.8. The van der Waals surface area contributed by atoms with Crippen molar-refractivity contribution < 1.29 is 23.8 Å². The van der Waals surface area contributed by atoms with E-state index in [1.807, 2.05) is 36.9 Å². The van der Waals surface area contributed by atoms with Gasteiger partial charge in [0.15, 0.2) is 11.5 Å². The van der Waals surface area contributed by atoms with Gasteiger partial charge in [-0.3, -0.25) is 9.59 Å². The second-order valence-electron chi connectivity index (χ2n) is 8.56. The van der Waals surface area contributed by atoms with Gasteiger partial charge in [0.2, 0.25) is 5.91 Å². The first-order chi connectivity index (χ1) is 15.6. The highest BCUT2D eigenvalue weighted by Gasteiger charge is 2.42. The van der Waals surface area contributed by atoms with Gasteiger partial charge < -0.3 is 24.0 Å². The number of piperazine rings is 1. The largest absolute Gasteiger partial charge is 0.493 e. The molecule has 1 saturated carbocycles. The van der Waals surface area contributed by atoms with Crippen molar-refractivity contribution in [2.45, 2.75) is 70.9 Å². The van der Waals surface area contributed by atoms with Crippen molar-refractivity contribution in [3.8, 4) is 11.5 Å². The van der Waals surface area contributed by atoms with Crippen molar-refractivity contribution in [2.75, 3.05) is 40.0 Å². The lowest BCUT2D eigenvalue weighted by molar-refractivity contribution is -0.159. The number of amides is 2. The average Bonchev–Trinajstić information content (AvgIpc) is 2.82. The maximum Gasteiger partial charge on any atom is 0.250 e. The van der Waals surface area contributed by atoms with Gasteiger partial charge in [-0.05, 0) is 50.3 Å². The van der Waals surface area contributed by atoms with E-state index in [0.717, 1.165) is 37.7 Å². The second-order valence-corrected chi connectivity index (χ2v) is 8.56. The summed E-state index contributed by atoms with van der Waals surface area (Å²) in [6.07, 6.45) is 6.97. The van der Waals surface area contributed by atoms with Crippen LogP contribution in [-0.2, 0) is 14.3 Å². The number of carbonyl (C=O) groups excluding carboxylic acids is 2. The van der Waals surface area contributed by atoms with Crippen molar-refractivity contribution in [3.63, 3.8) is 0 Å². The quantitative estimate of drug-likeness (QED) is 0.482. The van der Waals surface area contributed by atoms with Crippen LogP contribution in [0.25, 0.3) is 0 Å². The minimum absolute atomic E-state index is 0.00180. The van der Waals surface area contributed by atoms with Gasteiger partial charge in [0.05, 0.1) is 13.7 Å². The summed E-state index contributed by atoms with van der Waals surface area (Å²) in [5.41, 5.74) is 0.765. The Balaban J connectivity index is 1.89. The Hall–Kier alpha value is -2.28. The molecule has 1 atom stereocenters. The van der Waals surface area contributed by atoms with Crippen LogP contribution in [0.1, 0.15) is 70.4 Å². The van der Waals surface area contributed by atoms with Gasteiger partial charge in [-0.2, -0.15) is 0 Å². The van der Waals surface area contributed by atoms with Crippen molar-refractivity contribution >= 4 is 11.8 Å². The van der Waals surface area contributed by atoms with Crippen LogP contribution in [0.2, 0.25) is 0 Å². The van der Waals surface area contributed by atoms with E-state index < -0.39 is 6.04 Å². The van der Waals surface area contributed by atoms with Gasteiger partial charge in [-0.25, -0.2) is 0 Å². The highest BCUT2D eigenvalue weighted by Crippen LogP contribution is 2.36. The third-order valence-electron chi connectivity index (χ3n) is 6.33. The van der Waals surface area contributed by atoms with Crippen molar-refractivity contribution in [1.82, 2.24) is 9.80 Å². The first-order valence-electron chi connectivity index (χ1n) is 12.1. The van der Waals surface area contributed by atoms with Gasteiger partial charge in [-0.1, -0.05) is 32.3 Å². The second kappa shape index (κ2) is 12.1. The molecule has 0 aromatic heterocycles. The lowest BCUT2D eigenvalue weighted by Crippen LogP contribution is -2.58. The normalized spacial score (nSPS) is 20.0. The van der Waals surface area contributed by atoms with E-state index in [1.54, 1.807) is 12.0 Å². The molecule has 0 N–H and O–H groups in total. The number of nitrogens with zero attached hydrogens (tertiary/aromatic N) is 2. The van der Waals surface area contributed by atoms with Crippen molar-refractivity contribution in [1.29, 1.82) is 0 Å². The first-order valence-corrected chi connectivity index (χ1v) is 12.1. The van der Waals surface area contributed by atoms with Gasteiger partial charge in [0, 0.05) is 25.8 Å². The molecule has 0 unspecified atom stereocenters. The Labute approximate surface area is 192 Å². The molecule has 1 aromatic carbocycles. The summed E-state index contributed by atoms with van der Waals surface area (Å²) in [5.74, 6) is 1.25. The number of benzene rings is 1. The Morgan fingerprint density at radius 1 is 1.03 bits per heavy atom. The molecule has 178 valence electrons. The number of ether oxygens (including phenoxy) is 3. The molecule has 7 nitrogen and oxygen atoms in total. The molecule has 1 heterocycles. The van der Waals surface area contributed by atoms with Crippen LogP contribution in [0.4, 0.5) is 0 Å². The fourth-order valence-electron chi connectivity index (χ4n) is 4.69. The van der Waals surface area contributed by atoms with Crippen LogP contribution < -0.4 is 9.47 Å². The van der Waals surface area contributed by atoms with Crippen LogP contribution in [-0.4, -0.2) is 67.7 Å². The van der Waals surface area contributed by atoms with E-state index in [9.17, 15) is 9.59 Å². The standard InChI is InChI=1S/C25H38N2O5/c1-4-15-32-21-13-12-19(17-22(21)30-3)24-25(29)27(20-10-7-6-8-11-20)18-23(28)26(24)14-9-16-31-5-2/h12-13,17,20,24H,4-11,14-16,18H2,1-3H3/t24-/m0/s1. The van der Waals surface area contributed by atoms with E-state index in [-0.39, 0.29) is 24.4 Å². The third-order valence-corrected chi connectivity index (χ3v) is 6.33. The molecule has 0 bridgehead atoms. The summed E-state index contributed by atoms with van der Waals surface area (Å²) in [6, 6.07) is 5.10. The average molecular weight is 447 g/mol. The molecule has 1 aliphatic heterocycles. The van der Waals surface area contributed by atoms with Gasteiger partial charge >= 0.3 is 0 Å². The fraction of sp³-hybridized carbons (Fsp3) is 0.680. The van der Waals surface area contributed by atoms with Gasteiger partial charge in [0.25, 0.3) is 5.91 Å². The summed E-state index contributed by atoms with van der Waals surface area (Å²) in [4.78, 5) is 30.6. The molecule has 32 heavy (non-hydrogen) atoms. The molecule has 3 rings (SSSR count). The maximum absolute atomic E-state index is 13.8. The zero-order chi connectivity index (χ0) is 22.9. The smallest absolute Gasteiger partial charge is 0.250 e. The molecule has 0 spiro atoms. The summed E-state index contributed by atoms with van der Waals surface area (Å²) in [5, 5.41) is 0. The number of methoxy groups -OCH3 is 1. The minimum atomic E-state index is -0.645. The molecule has 0 radical (unpaired) electrons. The monoisotopic (exact) mass is 446 g/mol. The SMILES string of the molecule is CCCOc1ccc([C@H]2C(=O)N(C3CCCCC3)CC(=O)N2CCCOCC)cc1OC. The first kappa shape index (κ1) is 24.4. The Bertz CT molecular complexity index is 763. The number of rotatable bonds is 11. The van der Waals surface area contributed by atoms with Gasteiger partial charge in [-0.15, -0.1) is 0 Å². The predicted octanol–water partition coefficient (Wildman–Crippen LogP) is 3.96. The van der Waals surface area contributed by atoms with Crippen LogP contribution in [0.5, 0.6) is 11.5 Å². The molecule has 7 heteroatoms. The number of hydrogen-bond donors (Lipinski definition) is 0. The van der Waals surface area contributed by atoms with Crippen molar-refractivity contribution in [3.05, 3.63) is 23.8 Å². The van der Waals surface area contributed by atoms with E-state index in [1.165, 1.54) is 6.42 Å². The Morgan fingerprint density at radius 3 is 2.50 bits per heavy atom. The lowest BCUT2D eigenvalue weighted by atomic mass is 9.91. The maximum atomic E-state index is 13.8. The Morgan fingerprint density at radius 2 is 1.81 bits per heavy atom. The Kier molecular flexibility index (Phi) is 9.21. The van der Waals surface area contributed by atoms with Crippen molar-refractivity contribution in [2.24, 2.45) is 0 Å². The zero-order valence-electron chi connectivity index (χ0n) is 19.8. The van der Waals surface area contributed by atoms with Crippen LogP contribution >= 0.6 is 0 Å². The van der Waals surface area contributed by atoms with E-state index >= 15 is 0 Å². The van der Waals surface area contributed by atoms with Crippen LogP contribution in [0.3, 0.4) is 0 Å². The lowest BCUT2D eigenvalue weighted by Gasteiger charge is -2.44. The van der Waals surface area contributed by atoms with Crippen LogP contribution in [0.15, 0.2) is 18.2 Å². The molecule has 1 aromatic rings. The summed E-state index contributed by atoms with van der Waals surface area (Å²) >= 11 is 0. The molecule has 2 aliphatic rings. The molecular formula is C25H38N2O5. The zero-order valence-corrected chi connectivity index (χ0v) is 19.8. The van der Waals surface area contributed by atoms with Crippen LogP contribution in [0, 0.1) is 0 Å². The number of hydrogen-bond acceptors (Lipinski definition) is 5. The minimum Gasteiger partial charge on any atom is -0.493 e. The van der Waals surface area contributed by atoms with Gasteiger partial charge in [0.1, 0.15) is 12.6 Å². The van der Waals surface area contributed by atoms with E-state index in [4.69, 9.17) is 14.2 Å². The molecule has 2 fully saturated rings. The number of carbonyl (C=O) groups is 2. The molecule has 2 amide bonds. The topological polar surface area (TPSA) is 68.3 Å². The highest BCUT2D eigenvalue weighted by molar-refractivity contribution is 5.96. The van der Waals surface area contributed by atoms with E-state index in [0.29, 0.717) is 44.3 Å². The molecular weight excluding hydrogens is 408 g/mol.